The number of carbonyl (C=O) groups excluding carboxylic acids is 7. The number of imide groups is 1. The van der Waals surface area contributed by atoms with Crippen molar-refractivity contribution >= 4 is 56.6 Å². The molecule has 0 fully saturated rings. The van der Waals surface area contributed by atoms with Crippen molar-refractivity contribution < 1.29 is 38.3 Å². The van der Waals surface area contributed by atoms with Crippen LogP contribution in [0.1, 0.15) is 57.9 Å². The first-order valence-corrected chi connectivity index (χ1v) is 18.4. The summed E-state index contributed by atoms with van der Waals surface area (Å²) in [7, 11) is -1.49. The van der Waals surface area contributed by atoms with Crippen LogP contribution in [-0.2, 0) is 35.3 Å². The summed E-state index contributed by atoms with van der Waals surface area (Å²) in [5.41, 5.74) is 6.34. The van der Waals surface area contributed by atoms with Gasteiger partial charge in [-0.25, -0.2) is 9.59 Å². The summed E-state index contributed by atoms with van der Waals surface area (Å²) >= 11 is 0. The van der Waals surface area contributed by atoms with E-state index in [-0.39, 0.29) is 61.5 Å². The molecule has 2 unspecified atom stereocenters. The molecular formula is C32H48N6O8S. The average Bonchev–Trinajstić information content (AvgIpc) is 3.32. The number of hydrogen-bond donors (Lipinski definition) is 5. The fourth-order valence-electron chi connectivity index (χ4n) is 4.45. The van der Waals surface area contributed by atoms with Gasteiger partial charge >= 0.3 is 11.3 Å². The molecule has 47 heavy (non-hydrogen) atoms. The van der Waals surface area contributed by atoms with Crippen LogP contribution in [0.3, 0.4) is 0 Å². The van der Waals surface area contributed by atoms with Crippen LogP contribution in [0.15, 0.2) is 36.4 Å². The number of rotatable bonds is 18. The Morgan fingerprint density at radius 3 is 2.09 bits per heavy atom. The summed E-state index contributed by atoms with van der Waals surface area (Å²) in [6.07, 6.45) is 10.3. The molecule has 260 valence electrons. The molecule has 2 atom stereocenters. The number of urea groups is 1. The lowest BCUT2D eigenvalue weighted by atomic mass is 10.0. The molecule has 0 aromatic heterocycles. The lowest BCUT2D eigenvalue weighted by molar-refractivity contribution is -0.137. The van der Waals surface area contributed by atoms with Gasteiger partial charge in [-0.1, -0.05) is 32.4 Å². The summed E-state index contributed by atoms with van der Waals surface area (Å²) in [6, 6.07) is 4.15. The molecule has 1 aromatic rings. The highest BCUT2D eigenvalue weighted by Gasteiger charge is 2.29. The van der Waals surface area contributed by atoms with Gasteiger partial charge in [0.05, 0.1) is 0 Å². The third kappa shape index (κ3) is 13.9. The minimum atomic E-state index is -1.49. The van der Waals surface area contributed by atoms with Gasteiger partial charge in [0.2, 0.25) is 17.7 Å². The molecule has 2 rings (SSSR count). The maximum Gasteiger partial charge on any atom is 0.349 e. The van der Waals surface area contributed by atoms with Gasteiger partial charge in [0.1, 0.15) is 18.7 Å². The first kappa shape index (κ1) is 38.8. The van der Waals surface area contributed by atoms with Gasteiger partial charge in [-0.2, -0.15) is 10.0 Å². The van der Waals surface area contributed by atoms with Crippen molar-refractivity contribution in [3.8, 4) is 0 Å². The normalized spacial score (nSPS) is 14.4. The topological polar surface area (TPSA) is 206 Å². The largest absolute Gasteiger partial charge is 0.454 e. The summed E-state index contributed by atoms with van der Waals surface area (Å²) < 4.78 is 5.36. The Morgan fingerprint density at radius 2 is 1.51 bits per heavy atom. The van der Waals surface area contributed by atoms with Crippen LogP contribution < -0.4 is 27.0 Å². The van der Waals surface area contributed by atoms with Crippen molar-refractivity contribution in [3.63, 3.8) is 0 Å². The number of amides is 7. The second kappa shape index (κ2) is 18.7. The lowest BCUT2D eigenvalue weighted by Gasteiger charge is -2.25. The molecule has 0 bridgehead atoms. The summed E-state index contributed by atoms with van der Waals surface area (Å²) in [4.78, 5) is 87.0. The van der Waals surface area contributed by atoms with Gasteiger partial charge in [-0.15, -0.1) is 0 Å². The Hall–Kier alpha value is -4.40. The third-order valence-corrected chi connectivity index (χ3v) is 8.25. The van der Waals surface area contributed by atoms with Gasteiger partial charge in [0, 0.05) is 37.3 Å². The molecule has 6 N–H and O–H groups in total. The molecule has 0 spiro atoms. The average molecular weight is 677 g/mol. The molecular weight excluding hydrogens is 628 g/mol. The van der Waals surface area contributed by atoms with Crippen molar-refractivity contribution in [3.05, 3.63) is 42.0 Å². The fourth-order valence-corrected chi connectivity index (χ4v) is 4.86. The number of nitrogens with zero attached hydrogens (tertiary/aromatic N) is 1. The van der Waals surface area contributed by atoms with Crippen LogP contribution in [0.2, 0.25) is 0 Å². The van der Waals surface area contributed by atoms with E-state index in [1.807, 2.05) is 18.8 Å². The zero-order chi connectivity index (χ0) is 35.1. The summed E-state index contributed by atoms with van der Waals surface area (Å²) in [5.74, 6) is -2.34. The maximum absolute atomic E-state index is 13.3. The Kier molecular flexibility index (Phi) is 15.4. The molecule has 0 radical (unpaired) electrons. The summed E-state index contributed by atoms with van der Waals surface area (Å²) in [5, 5.41) is 10.5. The second-order valence-corrected chi connectivity index (χ2v) is 16.3. The molecule has 0 aliphatic carbocycles. The predicted octanol–water partition coefficient (Wildman–Crippen LogP) is 2.52. The Balaban J connectivity index is 1.95. The number of benzene rings is 1. The predicted molar refractivity (Wildman–Crippen MR) is 180 cm³/mol. The number of anilines is 1. The van der Waals surface area contributed by atoms with Gasteiger partial charge in [-0.05, 0) is 68.1 Å². The third-order valence-electron chi connectivity index (χ3n) is 7.13. The number of ether oxygens (including phenoxy) is 1. The van der Waals surface area contributed by atoms with Crippen LogP contribution in [0, 0.1) is 5.92 Å². The fraction of sp³-hybridized carbons (Fsp3) is 0.531. The highest BCUT2D eigenvalue weighted by molar-refractivity contribution is 8.43. The van der Waals surface area contributed by atoms with Crippen LogP contribution in [0.4, 0.5) is 15.3 Å². The SMILES string of the molecule is CC(C)C(NC(=O)CCCCCN1C(=O)C=CC1=O)C(=O)NC(CCCNC(N)=O)C(=O)Nc1ccc(COC(=O)S(C)(C)C)cc1. The number of nitrogens with one attached hydrogen (secondary N) is 4. The van der Waals surface area contributed by atoms with Crippen LogP contribution in [0.25, 0.3) is 0 Å². The number of primary amides is 1. The number of hydrogen-bond acceptors (Lipinski definition) is 8. The first-order chi connectivity index (χ1) is 22.1. The first-order valence-electron chi connectivity index (χ1n) is 15.5. The van der Waals surface area contributed by atoms with E-state index >= 15 is 0 Å². The van der Waals surface area contributed by atoms with Gasteiger partial charge < -0.3 is 31.7 Å². The minimum absolute atomic E-state index is 0.101. The number of carbonyl (C=O) groups is 7. The van der Waals surface area contributed by atoms with Gasteiger partial charge in [0.15, 0.2) is 0 Å². The van der Waals surface area contributed by atoms with Crippen LogP contribution in [-0.4, -0.2) is 89.7 Å². The maximum atomic E-state index is 13.3. The van der Waals surface area contributed by atoms with Crippen LogP contribution >= 0.6 is 10.0 Å². The highest BCUT2D eigenvalue weighted by atomic mass is 32.3. The molecule has 1 aromatic carbocycles. The quantitative estimate of drug-likeness (QED) is 0.0885. The van der Waals surface area contributed by atoms with Crippen molar-refractivity contribution in [1.29, 1.82) is 0 Å². The van der Waals surface area contributed by atoms with Crippen molar-refractivity contribution in [2.75, 3.05) is 37.2 Å². The minimum Gasteiger partial charge on any atom is -0.454 e. The Bertz CT molecular complexity index is 1310. The molecule has 1 aliphatic rings. The standard InChI is InChI=1S/C32H48N6O8S/c1-21(2)28(37-25(39)11-7-6-8-19-38-26(40)16-17-27(38)41)30(43)36-24(10-9-18-34-31(33)44)29(42)35-23-14-12-22(13-15-23)20-46-32(45)47(3,4)5/h12-17,21,24,28H,6-11,18-20H2,1-5H3,(H,35,42)(H,36,43)(H,37,39)(H3,33,34,44). The van der Waals surface area contributed by atoms with Gasteiger partial charge in [-0.3, -0.25) is 28.9 Å². The van der Waals surface area contributed by atoms with Crippen molar-refractivity contribution in [1.82, 2.24) is 20.9 Å². The highest BCUT2D eigenvalue weighted by Crippen LogP contribution is 2.37. The van der Waals surface area contributed by atoms with E-state index in [2.05, 4.69) is 21.3 Å². The van der Waals surface area contributed by atoms with Gasteiger partial charge in [0.25, 0.3) is 11.8 Å². The number of unbranched alkanes of at least 4 members (excludes halogenated alkanes) is 2. The Labute approximate surface area is 277 Å². The van der Waals surface area contributed by atoms with E-state index in [0.717, 1.165) is 10.5 Å². The number of nitrogens with two attached hydrogens (primary N) is 1. The zero-order valence-corrected chi connectivity index (χ0v) is 28.6. The lowest BCUT2D eigenvalue weighted by Crippen LogP contribution is -2.54. The monoisotopic (exact) mass is 676 g/mol. The zero-order valence-electron chi connectivity index (χ0n) is 27.8. The summed E-state index contributed by atoms with van der Waals surface area (Å²) in [6.45, 7) is 4.12. The smallest absolute Gasteiger partial charge is 0.349 e. The van der Waals surface area contributed by atoms with Crippen LogP contribution in [0.5, 0.6) is 0 Å². The van der Waals surface area contributed by atoms with E-state index in [0.29, 0.717) is 31.4 Å². The Morgan fingerprint density at radius 1 is 0.872 bits per heavy atom. The molecule has 14 nitrogen and oxygen atoms in total. The second-order valence-electron chi connectivity index (χ2n) is 12.3. The molecule has 1 aliphatic heterocycles. The van der Waals surface area contributed by atoms with Crippen molar-refractivity contribution in [2.24, 2.45) is 11.7 Å². The van der Waals surface area contributed by atoms with E-state index in [9.17, 15) is 33.6 Å². The van der Waals surface area contributed by atoms with E-state index in [1.54, 1.807) is 38.1 Å². The molecule has 1 heterocycles. The molecule has 0 saturated carbocycles. The van der Waals surface area contributed by atoms with E-state index < -0.39 is 40.0 Å². The molecule has 0 saturated heterocycles. The molecule has 15 heteroatoms. The van der Waals surface area contributed by atoms with Crippen molar-refractivity contribution in [2.45, 2.75) is 71.1 Å². The molecule has 7 amide bonds. The van der Waals surface area contributed by atoms with E-state index in [4.69, 9.17) is 10.5 Å². The van der Waals surface area contributed by atoms with E-state index in [1.165, 1.54) is 12.2 Å².